The monoisotopic (exact) mass is 137 g/mol. The first-order chi connectivity index (χ1) is 4.97. The number of aromatic nitrogens is 2. The van der Waals surface area contributed by atoms with Gasteiger partial charge in [0.2, 0.25) is 0 Å². The summed E-state index contributed by atoms with van der Waals surface area (Å²) >= 11 is 0. The molecule has 0 spiro atoms. The smallest absolute Gasteiger partial charge is 0.146 e. The molecule has 0 amide bonds. The van der Waals surface area contributed by atoms with E-state index in [1.807, 2.05) is 12.3 Å². The Morgan fingerprint density at radius 1 is 1.60 bits per heavy atom. The Labute approximate surface area is 59.4 Å². The molecule has 0 atom stereocenters. The zero-order valence-corrected chi connectivity index (χ0v) is 5.63. The number of rotatable bonds is 1. The van der Waals surface area contributed by atoms with Crippen LogP contribution in [0, 0.1) is 6.10 Å². The lowest BCUT2D eigenvalue weighted by Gasteiger charge is -2.00. The second kappa shape index (κ2) is 2.42. The molecule has 53 valence electrons. The zero-order chi connectivity index (χ0) is 6.81. The second-order valence-electron chi connectivity index (χ2n) is 2.33. The van der Waals surface area contributed by atoms with Gasteiger partial charge in [0.25, 0.3) is 0 Å². The van der Waals surface area contributed by atoms with Gasteiger partial charge in [-0.2, -0.15) is 5.10 Å². The Hall–Kier alpha value is -0.830. The van der Waals surface area contributed by atoms with Gasteiger partial charge in [-0.15, -0.1) is 0 Å². The van der Waals surface area contributed by atoms with E-state index in [1.54, 1.807) is 0 Å². The number of ether oxygens (including phenoxy) is 1. The van der Waals surface area contributed by atoms with Gasteiger partial charge in [0.05, 0.1) is 5.69 Å². The molecule has 0 saturated carbocycles. The highest BCUT2D eigenvalue weighted by atomic mass is 16.5. The molecule has 1 saturated heterocycles. The van der Waals surface area contributed by atoms with Crippen molar-refractivity contribution in [2.24, 2.45) is 0 Å². The molecule has 1 aromatic heterocycles. The van der Waals surface area contributed by atoms with Gasteiger partial charge >= 0.3 is 0 Å². The van der Waals surface area contributed by atoms with Crippen molar-refractivity contribution >= 4 is 0 Å². The third kappa shape index (κ3) is 0.926. The molecular formula is C7H9N2O. The maximum absolute atomic E-state index is 5.33. The minimum atomic E-state index is 0.849. The summed E-state index contributed by atoms with van der Waals surface area (Å²) < 4.78 is 5.33. The molecule has 0 bridgehead atoms. The standard InChI is InChI=1S/C7H9N2O/c1-2-7(10-5-1)6-3-4-8-9-6/h3-4H,1-2,5H2,(H,8,9). The van der Waals surface area contributed by atoms with Crippen LogP contribution in [0.3, 0.4) is 0 Å². The number of hydrogen-bond acceptors (Lipinski definition) is 2. The summed E-state index contributed by atoms with van der Waals surface area (Å²) in [6.45, 7) is 0.849. The fourth-order valence-electron chi connectivity index (χ4n) is 1.12. The third-order valence-corrected chi connectivity index (χ3v) is 1.61. The average molecular weight is 137 g/mol. The Balaban J connectivity index is 2.12. The predicted molar refractivity (Wildman–Crippen MR) is 36.1 cm³/mol. The van der Waals surface area contributed by atoms with E-state index in [4.69, 9.17) is 4.74 Å². The van der Waals surface area contributed by atoms with Crippen LogP contribution >= 0.6 is 0 Å². The van der Waals surface area contributed by atoms with Crippen LogP contribution in [0.1, 0.15) is 18.5 Å². The first-order valence-electron chi connectivity index (χ1n) is 3.45. The summed E-state index contributed by atoms with van der Waals surface area (Å²) in [5.41, 5.74) is 0.956. The molecule has 3 heteroatoms. The van der Waals surface area contributed by atoms with E-state index < -0.39 is 0 Å². The van der Waals surface area contributed by atoms with E-state index in [0.717, 1.165) is 31.2 Å². The molecule has 0 unspecified atom stereocenters. The number of hydrogen-bond donors (Lipinski definition) is 1. The maximum atomic E-state index is 5.33. The Kier molecular flexibility index (Phi) is 1.43. The van der Waals surface area contributed by atoms with E-state index >= 15 is 0 Å². The van der Waals surface area contributed by atoms with Crippen molar-refractivity contribution in [1.29, 1.82) is 0 Å². The lowest BCUT2D eigenvalue weighted by Crippen LogP contribution is -1.96. The largest absolute Gasteiger partial charge is 0.365 e. The van der Waals surface area contributed by atoms with Crippen LogP contribution in [0.4, 0.5) is 0 Å². The van der Waals surface area contributed by atoms with Gasteiger partial charge in [-0.05, 0) is 18.9 Å². The summed E-state index contributed by atoms with van der Waals surface area (Å²) in [4.78, 5) is 0. The highest BCUT2D eigenvalue weighted by Crippen LogP contribution is 2.24. The minimum Gasteiger partial charge on any atom is -0.365 e. The van der Waals surface area contributed by atoms with Crippen LogP contribution in [0.15, 0.2) is 12.3 Å². The van der Waals surface area contributed by atoms with Crippen molar-refractivity contribution in [2.45, 2.75) is 12.8 Å². The molecule has 2 rings (SSSR count). The van der Waals surface area contributed by atoms with Crippen LogP contribution < -0.4 is 0 Å². The zero-order valence-electron chi connectivity index (χ0n) is 5.63. The van der Waals surface area contributed by atoms with Gasteiger partial charge < -0.3 is 4.74 Å². The van der Waals surface area contributed by atoms with Crippen molar-refractivity contribution in [2.75, 3.05) is 6.61 Å². The molecule has 1 aromatic rings. The van der Waals surface area contributed by atoms with Gasteiger partial charge in [0, 0.05) is 12.8 Å². The Morgan fingerprint density at radius 2 is 2.60 bits per heavy atom. The molecule has 1 N–H and O–H groups in total. The molecular weight excluding hydrogens is 128 g/mol. The van der Waals surface area contributed by atoms with Gasteiger partial charge in [-0.3, -0.25) is 5.10 Å². The fourth-order valence-corrected chi connectivity index (χ4v) is 1.12. The Bertz CT molecular complexity index is 189. The van der Waals surface area contributed by atoms with E-state index in [-0.39, 0.29) is 0 Å². The predicted octanol–water partition coefficient (Wildman–Crippen LogP) is 1.10. The Morgan fingerprint density at radius 3 is 3.20 bits per heavy atom. The SMILES string of the molecule is c1cc([C]2CCCO2)n[nH]1. The van der Waals surface area contributed by atoms with Crippen molar-refractivity contribution < 1.29 is 4.74 Å². The van der Waals surface area contributed by atoms with Crippen molar-refractivity contribution in [3.63, 3.8) is 0 Å². The van der Waals surface area contributed by atoms with Crippen LogP contribution in [0.2, 0.25) is 0 Å². The number of nitrogens with one attached hydrogen (secondary N) is 1. The summed E-state index contributed by atoms with van der Waals surface area (Å²) in [7, 11) is 0. The first-order valence-corrected chi connectivity index (χ1v) is 3.45. The lowest BCUT2D eigenvalue weighted by molar-refractivity contribution is 0.213. The molecule has 1 fully saturated rings. The van der Waals surface area contributed by atoms with E-state index in [1.165, 1.54) is 0 Å². The first kappa shape index (κ1) is 5.92. The molecule has 1 radical (unpaired) electrons. The van der Waals surface area contributed by atoms with Crippen LogP contribution in [0.25, 0.3) is 0 Å². The van der Waals surface area contributed by atoms with E-state index in [0.29, 0.717) is 0 Å². The normalized spacial score (nSPS) is 20.0. The summed E-state index contributed by atoms with van der Waals surface area (Å²) in [6.07, 6.45) is 5.00. The number of nitrogens with zero attached hydrogens (tertiary/aromatic N) is 1. The molecule has 0 aliphatic carbocycles. The average Bonchev–Trinajstić information content (AvgIpc) is 2.59. The minimum absolute atomic E-state index is 0.849. The van der Waals surface area contributed by atoms with E-state index in [9.17, 15) is 0 Å². The van der Waals surface area contributed by atoms with Crippen LogP contribution in [0.5, 0.6) is 0 Å². The van der Waals surface area contributed by atoms with Gasteiger partial charge in [-0.1, -0.05) is 0 Å². The second-order valence-corrected chi connectivity index (χ2v) is 2.33. The topological polar surface area (TPSA) is 37.9 Å². The summed E-state index contributed by atoms with van der Waals surface area (Å²) in [6, 6.07) is 1.93. The molecule has 3 nitrogen and oxygen atoms in total. The number of aromatic amines is 1. The van der Waals surface area contributed by atoms with Crippen molar-refractivity contribution in [3.8, 4) is 0 Å². The summed E-state index contributed by atoms with van der Waals surface area (Å²) in [5, 5.41) is 6.77. The molecule has 1 aliphatic rings. The third-order valence-electron chi connectivity index (χ3n) is 1.61. The van der Waals surface area contributed by atoms with E-state index in [2.05, 4.69) is 10.2 Å². The van der Waals surface area contributed by atoms with Gasteiger partial charge in [0.1, 0.15) is 6.10 Å². The molecule has 1 aliphatic heterocycles. The van der Waals surface area contributed by atoms with Gasteiger partial charge in [0.15, 0.2) is 0 Å². The maximum Gasteiger partial charge on any atom is 0.146 e. The molecule has 10 heavy (non-hydrogen) atoms. The quantitative estimate of drug-likeness (QED) is 0.629. The van der Waals surface area contributed by atoms with Crippen molar-refractivity contribution in [1.82, 2.24) is 10.2 Å². The lowest BCUT2D eigenvalue weighted by atomic mass is 10.2. The summed E-state index contributed by atoms with van der Waals surface area (Å²) in [5.74, 6) is 0. The molecule has 2 heterocycles. The molecule has 0 aromatic carbocycles. The highest BCUT2D eigenvalue weighted by molar-refractivity contribution is 5.16. The highest BCUT2D eigenvalue weighted by Gasteiger charge is 2.20. The van der Waals surface area contributed by atoms with Crippen LogP contribution in [-0.4, -0.2) is 16.8 Å². The van der Waals surface area contributed by atoms with Crippen LogP contribution in [-0.2, 0) is 4.74 Å². The van der Waals surface area contributed by atoms with Crippen molar-refractivity contribution in [3.05, 3.63) is 24.1 Å². The fraction of sp³-hybridized carbons (Fsp3) is 0.429. The number of H-pyrrole nitrogens is 1. The van der Waals surface area contributed by atoms with Gasteiger partial charge in [-0.25, -0.2) is 0 Å².